The molecule has 21 heavy (non-hydrogen) atoms. The van der Waals surface area contributed by atoms with Crippen LogP contribution in [-0.2, 0) is 10.0 Å². The molecule has 1 unspecified atom stereocenters. The van der Waals surface area contributed by atoms with Gasteiger partial charge in [0, 0.05) is 18.3 Å². The third-order valence-electron chi connectivity index (χ3n) is 3.86. The molecule has 1 aromatic rings. The average molecular weight is 312 g/mol. The van der Waals surface area contributed by atoms with Crippen LogP contribution in [0, 0.1) is 5.92 Å². The smallest absolute Gasteiger partial charge is 0.240 e. The van der Waals surface area contributed by atoms with Crippen molar-refractivity contribution in [3.8, 4) is 0 Å². The minimum Gasteiger partial charge on any atom is -0.382 e. The molecule has 4 nitrogen and oxygen atoms in total. The fraction of sp³-hybridized carbons (Fsp3) is 0.625. The first-order valence-electron chi connectivity index (χ1n) is 7.80. The zero-order valence-electron chi connectivity index (χ0n) is 13.5. The predicted octanol–water partition coefficient (Wildman–Crippen LogP) is 3.61. The Morgan fingerprint density at radius 1 is 1.05 bits per heavy atom. The van der Waals surface area contributed by atoms with Gasteiger partial charge in [0.05, 0.1) is 4.90 Å². The summed E-state index contributed by atoms with van der Waals surface area (Å²) < 4.78 is 26.6. The van der Waals surface area contributed by atoms with Crippen molar-refractivity contribution in [3.63, 3.8) is 0 Å². The van der Waals surface area contributed by atoms with E-state index in [1.165, 1.54) is 0 Å². The molecule has 120 valence electrons. The second-order valence-corrected chi connectivity index (χ2v) is 7.20. The third kappa shape index (κ3) is 5.32. The molecule has 0 aliphatic rings. The maximum atomic E-state index is 12.0. The van der Waals surface area contributed by atoms with Crippen molar-refractivity contribution in [2.45, 2.75) is 57.9 Å². The van der Waals surface area contributed by atoms with Gasteiger partial charge in [0.25, 0.3) is 0 Å². The van der Waals surface area contributed by atoms with Gasteiger partial charge in [0.1, 0.15) is 0 Å². The molecule has 1 aromatic carbocycles. The van der Waals surface area contributed by atoms with Crippen molar-refractivity contribution < 1.29 is 8.42 Å². The highest BCUT2D eigenvalue weighted by molar-refractivity contribution is 7.89. The highest BCUT2D eigenvalue weighted by Gasteiger charge is 2.15. The van der Waals surface area contributed by atoms with E-state index in [-0.39, 0.29) is 0 Å². The molecule has 0 spiro atoms. The predicted molar refractivity (Wildman–Crippen MR) is 89.1 cm³/mol. The lowest BCUT2D eigenvalue weighted by atomic mass is 9.95. The summed E-state index contributed by atoms with van der Waals surface area (Å²) in [5.41, 5.74) is 0.962. The summed E-state index contributed by atoms with van der Waals surface area (Å²) in [5.74, 6) is 0.625. The van der Waals surface area contributed by atoms with Crippen molar-refractivity contribution >= 4 is 15.7 Å². The molecular formula is C16H28N2O2S. The summed E-state index contributed by atoms with van der Waals surface area (Å²) >= 11 is 0. The zero-order chi connectivity index (χ0) is 15.9. The van der Waals surface area contributed by atoms with Crippen molar-refractivity contribution in [2.24, 2.45) is 5.92 Å². The number of nitrogens with one attached hydrogen (secondary N) is 2. The molecule has 2 N–H and O–H groups in total. The van der Waals surface area contributed by atoms with E-state index in [2.05, 4.69) is 30.8 Å². The first-order chi connectivity index (χ1) is 9.94. The van der Waals surface area contributed by atoms with E-state index >= 15 is 0 Å². The molecule has 0 aromatic heterocycles. The normalized spacial score (nSPS) is 13.4. The summed E-state index contributed by atoms with van der Waals surface area (Å²) in [4.78, 5) is 0.316. The SMILES string of the molecule is CCCNS(=O)(=O)c1ccc(NC(C)C(CC)CC)cc1. The Kier molecular flexibility index (Phi) is 7.18. The Labute approximate surface area is 129 Å². The lowest BCUT2D eigenvalue weighted by Crippen LogP contribution is -2.25. The van der Waals surface area contributed by atoms with E-state index in [1.54, 1.807) is 12.1 Å². The zero-order valence-corrected chi connectivity index (χ0v) is 14.3. The molecule has 0 amide bonds. The average Bonchev–Trinajstić information content (AvgIpc) is 2.47. The van der Waals surface area contributed by atoms with Gasteiger partial charge in [-0.1, -0.05) is 33.6 Å². The van der Waals surface area contributed by atoms with Crippen LogP contribution in [0.5, 0.6) is 0 Å². The first kappa shape index (κ1) is 18.0. The quantitative estimate of drug-likeness (QED) is 0.732. The third-order valence-corrected chi connectivity index (χ3v) is 5.33. The van der Waals surface area contributed by atoms with Gasteiger partial charge in [0.15, 0.2) is 0 Å². The largest absolute Gasteiger partial charge is 0.382 e. The van der Waals surface area contributed by atoms with Crippen LogP contribution < -0.4 is 10.0 Å². The van der Waals surface area contributed by atoms with Gasteiger partial charge >= 0.3 is 0 Å². The van der Waals surface area contributed by atoms with Crippen molar-refractivity contribution in [3.05, 3.63) is 24.3 Å². The standard InChI is InChI=1S/C16H28N2O2S/c1-5-12-17-21(19,20)16-10-8-15(9-11-16)18-13(4)14(6-2)7-3/h8-11,13-14,17-18H,5-7,12H2,1-4H3. The topological polar surface area (TPSA) is 58.2 Å². The van der Waals surface area contributed by atoms with E-state index in [0.717, 1.165) is 24.9 Å². The van der Waals surface area contributed by atoms with Crippen LogP contribution >= 0.6 is 0 Å². The highest BCUT2D eigenvalue weighted by atomic mass is 32.2. The first-order valence-corrected chi connectivity index (χ1v) is 9.29. The maximum Gasteiger partial charge on any atom is 0.240 e. The van der Waals surface area contributed by atoms with Gasteiger partial charge in [-0.3, -0.25) is 0 Å². The molecule has 0 aliphatic carbocycles. The number of benzene rings is 1. The van der Waals surface area contributed by atoms with Gasteiger partial charge < -0.3 is 5.32 Å². The van der Waals surface area contributed by atoms with Crippen molar-refractivity contribution in [2.75, 3.05) is 11.9 Å². The summed E-state index contributed by atoms with van der Waals surface area (Å²) in [6, 6.07) is 7.35. The van der Waals surface area contributed by atoms with Crippen LogP contribution in [0.25, 0.3) is 0 Å². The molecule has 1 atom stereocenters. The van der Waals surface area contributed by atoms with Gasteiger partial charge in [0.2, 0.25) is 10.0 Å². The molecule has 0 radical (unpaired) electrons. The molecule has 0 saturated carbocycles. The summed E-state index contributed by atoms with van der Waals surface area (Å²) in [7, 11) is -3.37. The van der Waals surface area contributed by atoms with Crippen LogP contribution in [0.2, 0.25) is 0 Å². The summed E-state index contributed by atoms with van der Waals surface area (Å²) in [6.45, 7) is 8.97. The minimum absolute atomic E-state index is 0.316. The van der Waals surface area contributed by atoms with E-state index in [1.807, 2.05) is 19.1 Å². The molecule has 0 fully saturated rings. The molecule has 0 saturated heterocycles. The van der Waals surface area contributed by atoms with Crippen LogP contribution in [0.4, 0.5) is 5.69 Å². The molecule has 0 bridgehead atoms. The van der Waals surface area contributed by atoms with E-state index in [9.17, 15) is 8.42 Å². The number of anilines is 1. The van der Waals surface area contributed by atoms with Gasteiger partial charge in [-0.05, 0) is 43.5 Å². The Hall–Kier alpha value is -1.07. The van der Waals surface area contributed by atoms with Crippen LogP contribution in [0.15, 0.2) is 29.2 Å². The summed E-state index contributed by atoms with van der Waals surface area (Å²) in [5, 5.41) is 3.45. The Morgan fingerprint density at radius 2 is 1.62 bits per heavy atom. The Balaban J connectivity index is 2.74. The van der Waals surface area contributed by atoms with E-state index in [0.29, 0.717) is 23.4 Å². The highest BCUT2D eigenvalue weighted by Crippen LogP contribution is 2.19. The lowest BCUT2D eigenvalue weighted by Gasteiger charge is -2.23. The summed E-state index contributed by atoms with van der Waals surface area (Å²) in [6.07, 6.45) is 3.06. The van der Waals surface area contributed by atoms with Crippen LogP contribution in [-0.4, -0.2) is 21.0 Å². The number of hydrogen-bond donors (Lipinski definition) is 2. The Morgan fingerprint density at radius 3 is 2.10 bits per heavy atom. The number of hydrogen-bond acceptors (Lipinski definition) is 3. The maximum absolute atomic E-state index is 12.0. The van der Waals surface area contributed by atoms with E-state index < -0.39 is 10.0 Å². The van der Waals surface area contributed by atoms with Crippen LogP contribution in [0.1, 0.15) is 47.0 Å². The van der Waals surface area contributed by atoms with Crippen molar-refractivity contribution in [1.29, 1.82) is 0 Å². The van der Waals surface area contributed by atoms with Gasteiger partial charge in [-0.25, -0.2) is 13.1 Å². The lowest BCUT2D eigenvalue weighted by molar-refractivity contribution is 0.438. The second kappa shape index (κ2) is 8.39. The van der Waals surface area contributed by atoms with E-state index in [4.69, 9.17) is 0 Å². The minimum atomic E-state index is -3.37. The number of sulfonamides is 1. The molecule has 0 heterocycles. The van der Waals surface area contributed by atoms with Crippen molar-refractivity contribution in [1.82, 2.24) is 4.72 Å². The second-order valence-electron chi connectivity index (χ2n) is 5.43. The molecule has 0 aliphatic heterocycles. The number of rotatable bonds is 9. The molecular weight excluding hydrogens is 284 g/mol. The fourth-order valence-corrected chi connectivity index (χ4v) is 3.56. The molecule has 5 heteroatoms. The monoisotopic (exact) mass is 312 g/mol. The molecule has 1 rings (SSSR count). The van der Waals surface area contributed by atoms with Gasteiger partial charge in [-0.2, -0.15) is 0 Å². The Bertz CT molecular complexity index is 508. The van der Waals surface area contributed by atoms with Gasteiger partial charge in [-0.15, -0.1) is 0 Å². The fourth-order valence-electron chi connectivity index (χ4n) is 2.43. The van der Waals surface area contributed by atoms with Crippen LogP contribution in [0.3, 0.4) is 0 Å².